The summed E-state index contributed by atoms with van der Waals surface area (Å²) in [6, 6.07) is 15.1. The minimum atomic E-state index is -1.16. The fraction of sp³-hybridized carbons (Fsp3) is 0.233. The number of ether oxygens (including phenoxy) is 1. The molecule has 2 N–H and O–H groups in total. The summed E-state index contributed by atoms with van der Waals surface area (Å²) < 4.78 is 5.83. The van der Waals surface area contributed by atoms with Crippen molar-refractivity contribution < 1.29 is 4.74 Å². The molecule has 1 unspecified atom stereocenters. The molecule has 1 aromatic heterocycles. The van der Waals surface area contributed by atoms with Crippen molar-refractivity contribution in [1.82, 2.24) is 10.3 Å². The van der Waals surface area contributed by atoms with Crippen LogP contribution in [-0.2, 0) is 9.61 Å². The first-order chi connectivity index (χ1) is 18.2. The number of benzene rings is 2. The van der Waals surface area contributed by atoms with Crippen LogP contribution in [0.2, 0.25) is 10.0 Å². The zero-order valence-electron chi connectivity index (χ0n) is 21.6. The number of nitrogens with zero attached hydrogens (tertiary/aromatic N) is 1. The maximum absolute atomic E-state index is 13.3. The number of H-pyrrole nitrogens is 1. The molecule has 0 spiro atoms. The lowest BCUT2D eigenvalue weighted by Crippen LogP contribution is -2.50. The first-order valence-electron chi connectivity index (χ1n) is 12.5. The Kier molecular flexibility index (Phi) is 7.12. The van der Waals surface area contributed by atoms with E-state index in [0.29, 0.717) is 32.3 Å². The fourth-order valence-corrected chi connectivity index (χ4v) is 6.10. The fourth-order valence-electron chi connectivity index (χ4n) is 5.24. The van der Waals surface area contributed by atoms with Crippen molar-refractivity contribution >= 4 is 51.8 Å². The average Bonchev–Trinajstić information content (AvgIpc) is 2.91. The van der Waals surface area contributed by atoms with Crippen LogP contribution < -0.4 is 26.3 Å². The molecule has 2 heterocycles. The number of anilines is 1. The zero-order valence-corrected chi connectivity index (χ0v) is 23.9. The number of rotatable bonds is 6. The highest BCUT2D eigenvalue weighted by atomic mass is 35.5. The van der Waals surface area contributed by atoms with Gasteiger partial charge in [-0.1, -0.05) is 53.5 Å². The highest BCUT2D eigenvalue weighted by Gasteiger charge is 2.40. The van der Waals surface area contributed by atoms with Crippen LogP contribution in [0.4, 0.5) is 5.69 Å². The second-order valence-electron chi connectivity index (χ2n) is 9.23. The van der Waals surface area contributed by atoms with Crippen molar-refractivity contribution in [1.29, 1.82) is 0 Å². The van der Waals surface area contributed by atoms with E-state index in [2.05, 4.69) is 29.0 Å². The molecular formula is C30H28Cl3N3O2. The average molecular weight is 569 g/mol. The molecule has 2 aromatic carbocycles. The standard InChI is InChI=1S/C30H28Cl3N3O2/c1-5-36(6-2)28-17(3)29(37)35-27-20-15-24(38-4)30(33,21-9-7-8-10-22(21)32)16-23(20)34-26(25(27)28)18-11-13-19(31)14-12-18/h7-16,34H,5-6H2,1-4H3,(H,35,37). The number of hydrogen-bond donors (Lipinski definition) is 2. The Balaban J connectivity index is 1.94. The number of aromatic nitrogens is 1. The topological polar surface area (TPSA) is 57.4 Å². The smallest absolute Gasteiger partial charge is 0.253 e. The lowest BCUT2D eigenvalue weighted by molar-refractivity contribution is 0.264. The normalized spacial score (nSPS) is 18.2. The lowest BCUT2D eigenvalue weighted by atomic mass is 9.86. The molecule has 8 heteroatoms. The van der Waals surface area contributed by atoms with E-state index in [1.165, 1.54) is 0 Å². The summed E-state index contributed by atoms with van der Waals surface area (Å²) in [5.74, 6) is 0.500. The van der Waals surface area contributed by atoms with E-state index in [-0.39, 0.29) is 5.56 Å². The molecule has 3 aromatic rings. The number of aromatic amines is 1. The maximum atomic E-state index is 13.3. The summed E-state index contributed by atoms with van der Waals surface area (Å²) in [4.78, 5) is 17.5. The molecule has 0 bridgehead atoms. The van der Waals surface area contributed by atoms with E-state index in [4.69, 9.17) is 39.5 Å². The third-order valence-corrected chi connectivity index (χ3v) is 8.25. The number of nitrogens with one attached hydrogen (secondary N) is 2. The number of methoxy groups -OCH3 is 1. The van der Waals surface area contributed by atoms with Crippen molar-refractivity contribution in [2.45, 2.75) is 25.6 Å². The van der Waals surface area contributed by atoms with Crippen LogP contribution in [0.5, 0.6) is 0 Å². The van der Waals surface area contributed by atoms with Gasteiger partial charge in [0.1, 0.15) is 10.6 Å². The molecule has 0 saturated carbocycles. The second kappa shape index (κ2) is 10.2. The quantitative estimate of drug-likeness (QED) is 0.396. The SMILES string of the molecule is CCN(CC)c1c(C)c(=O)[nH]c2c1=C(c1ccc(Cl)cc1)NC1=CC(Cl)(c3ccccc3Cl)C(OC)=CC=21. The number of pyridine rings is 1. The summed E-state index contributed by atoms with van der Waals surface area (Å²) in [6.07, 6.45) is 3.78. The zero-order chi connectivity index (χ0) is 27.2. The number of hydrogen-bond acceptors (Lipinski definition) is 4. The van der Waals surface area contributed by atoms with Crippen LogP contribution >= 0.6 is 34.8 Å². The minimum Gasteiger partial charge on any atom is -0.498 e. The van der Waals surface area contributed by atoms with Crippen LogP contribution in [-0.4, -0.2) is 25.2 Å². The summed E-state index contributed by atoms with van der Waals surface area (Å²) >= 11 is 20.1. The van der Waals surface area contributed by atoms with Gasteiger partial charge >= 0.3 is 0 Å². The predicted octanol–water partition coefficient (Wildman–Crippen LogP) is 5.31. The van der Waals surface area contributed by atoms with Gasteiger partial charge in [-0.05, 0) is 56.7 Å². The number of allylic oxidation sites excluding steroid dienone is 2. The summed E-state index contributed by atoms with van der Waals surface area (Å²) in [5.41, 5.74) is 5.39. The molecular weight excluding hydrogens is 541 g/mol. The molecule has 38 heavy (non-hydrogen) atoms. The Bertz CT molecular complexity index is 1670. The molecule has 5 rings (SSSR count). The van der Waals surface area contributed by atoms with E-state index >= 15 is 0 Å². The highest BCUT2D eigenvalue weighted by Crippen LogP contribution is 2.46. The van der Waals surface area contributed by atoms with Crippen molar-refractivity contribution in [3.05, 3.63) is 120 Å². The summed E-state index contributed by atoms with van der Waals surface area (Å²) in [6.45, 7) is 7.52. The maximum Gasteiger partial charge on any atom is 0.253 e. The van der Waals surface area contributed by atoms with Gasteiger partial charge in [0.05, 0.1) is 23.8 Å². The Morgan fingerprint density at radius 3 is 2.34 bits per heavy atom. The van der Waals surface area contributed by atoms with Crippen LogP contribution in [0.25, 0.3) is 11.3 Å². The Labute approximate surface area is 236 Å². The van der Waals surface area contributed by atoms with Gasteiger partial charge in [-0.25, -0.2) is 0 Å². The molecule has 0 amide bonds. The molecule has 2 aliphatic rings. The second-order valence-corrected chi connectivity index (χ2v) is 10.7. The van der Waals surface area contributed by atoms with Gasteiger partial charge < -0.3 is 19.9 Å². The third-order valence-electron chi connectivity index (χ3n) is 7.17. The van der Waals surface area contributed by atoms with E-state index < -0.39 is 4.87 Å². The molecule has 196 valence electrons. The minimum absolute atomic E-state index is 0.143. The predicted molar refractivity (Wildman–Crippen MR) is 157 cm³/mol. The third kappa shape index (κ3) is 4.23. The van der Waals surface area contributed by atoms with Crippen molar-refractivity contribution in [2.75, 3.05) is 25.1 Å². The van der Waals surface area contributed by atoms with E-state index in [1.807, 2.05) is 61.5 Å². The van der Waals surface area contributed by atoms with Gasteiger partial charge in [-0.2, -0.15) is 0 Å². The summed E-state index contributed by atoms with van der Waals surface area (Å²) in [5, 5.41) is 6.42. The van der Waals surface area contributed by atoms with Gasteiger partial charge in [-0.15, -0.1) is 11.6 Å². The van der Waals surface area contributed by atoms with Crippen LogP contribution in [0.1, 0.15) is 30.5 Å². The molecule has 1 atom stereocenters. The number of fused-ring (bicyclic) bond motifs is 2. The molecule has 1 aliphatic heterocycles. The van der Waals surface area contributed by atoms with Gasteiger partial charge in [0.2, 0.25) is 0 Å². The molecule has 5 nitrogen and oxygen atoms in total. The number of halogens is 3. The first kappa shape index (κ1) is 26.5. The molecule has 0 fully saturated rings. The van der Waals surface area contributed by atoms with Gasteiger partial charge in [0, 0.05) is 50.8 Å². The van der Waals surface area contributed by atoms with E-state index in [0.717, 1.165) is 46.5 Å². The van der Waals surface area contributed by atoms with Crippen LogP contribution in [0.15, 0.2) is 76.9 Å². The van der Waals surface area contributed by atoms with Crippen LogP contribution in [0, 0.1) is 6.92 Å². The highest BCUT2D eigenvalue weighted by molar-refractivity contribution is 6.34. The molecule has 1 aliphatic carbocycles. The van der Waals surface area contributed by atoms with E-state index in [1.54, 1.807) is 13.2 Å². The Hall–Kier alpha value is -3.12. The van der Waals surface area contributed by atoms with Gasteiger partial charge in [0.25, 0.3) is 5.56 Å². The monoisotopic (exact) mass is 567 g/mol. The van der Waals surface area contributed by atoms with E-state index in [9.17, 15) is 4.79 Å². The Morgan fingerprint density at radius 1 is 1.03 bits per heavy atom. The van der Waals surface area contributed by atoms with Gasteiger partial charge in [-0.3, -0.25) is 4.79 Å². The lowest BCUT2D eigenvalue weighted by Gasteiger charge is -2.35. The molecule has 0 saturated heterocycles. The Morgan fingerprint density at radius 2 is 1.71 bits per heavy atom. The van der Waals surface area contributed by atoms with Crippen molar-refractivity contribution in [3.8, 4) is 0 Å². The largest absolute Gasteiger partial charge is 0.498 e. The molecule has 0 radical (unpaired) electrons. The number of alkyl halides is 1. The van der Waals surface area contributed by atoms with Crippen molar-refractivity contribution in [2.24, 2.45) is 0 Å². The summed E-state index contributed by atoms with van der Waals surface area (Å²) in [7, 11) is 1.58. The first-order valence-corrected chi connectivity index (χ1v) is 13.6. The van der Waals surface area contributed by atoms with Crippen LogP contribution in [0.3, 0.4) is 0 Å². The van der Waals surface area contributed by atoms with Crippen molar-refractivity contribution in [3.63, 3.8) is 0 Å². The van der Waals surface area contributed by atoms with Gasteiger partial charge in [0.15, 0.2) is 0 Å².